The molecule has 0 radical (unpaired) electrons. The van der Waals surface area contributed by atoms with Crippen LogP contribution in [0, 0.1) is 0 Å². The number of nitrogens with one attached hydrogen (secondary N) is 1. The molecule has 2 aromatic carbocycles. The van der Waals surface area contributed by atoms with Crippen LogP contribution in [0.15, 0.2) is 72.6 Å². The lowest BCUT2D eigenvalue weighted by molar-refractivity contribution is 1.19. The van der Waals surface area contributed by atoms with Crippen molar-refractivity contribution in [2.45, 2.75) is 13.3 Å². The van der Waals surface area contributed by atoms with Crippen molar-refractivity contribution in [3.63, 3.8) is 0 Å². The van der Waals surface area contributed by atoms with Gasteiger partial charge in [-0.15, -0.1) is 0 Å². The lowest BCUT2D eigenvalue weighted by Crippen LogP contribution is -2.00. The van der Waals surface area contributed by atoms with Crippen LogP contribution >= 0.6 is 0 Å². The van der Waals surface area contributed by atoms with Gasteiger partial charge in [-0.2, -0.15) is 0 Å². The summed E-state index contributed by atoms with van der Waals surface area (Å²) in [6.45, 7) is 2.17. The van der Waals surface area contributed by atoms with Crippen LogP contribution < -0.4 is 5.32 Å². The number of benzene rings is 2. The Balaban J connectivity index is 1.61. The zero-order valence-electron chi connectivity index (χ0n) is 15.0. The molecule has 0 amide bonds. The number of hydrogen-bond donors (Lipinski definition) is 1. The highest BCUT2D eigenvalue weighted by Gasteiger charge is 2.12. The Labute approximate surface area is 157 Å². The van der Waals surface area contributed by atoms with Gasteiger partial charge in [0.2, 0.25) is 0 Å². The van der Waals surface area contributed by atoms with Crippen LogP contribution in [0.4, 0.5) is 11.5 Å². The fourth-order valence-electron chi connectivity index (χ4n) is 3.52. The molecule has 130 valence electrons. The molecule has 0 spiro atoms. The molecule has 0 bridgehead atoms. The number of allylic oxidation sites excluding steroid dienone is 1. The number of para-hydroxylation sites is 1. The number of aromatic nitrogens is 3. The minimum absolute atomic E-state index is 0.690. The summed E-state index contributed by atoms with van der Waals surface area (Å²) in [5.41, 5.74) is 6.96. The van der Waals surface area contributed by atoms with E-state index in [0.29, 0.717) is 5.82 Å². The third kappa shape index (κ3) is 2.95. The summed E-state index contributed by atoms with van der Waals surface area (Å²) >= 11 is 0. The second kappa shape index (κ2) is 6.32. The van der Waals surface area contributed by atoms with E-state index in [-0.39, 0.29) is 0 Å². The topological polar surface area (TPSA) is 50.7 Å². The molecule has 27 heavy (non-hydrogen) atoms. The third-order valence-electron chi connectivity index (χ3n) is 4.82. The van der Waals surface area contributed by atoms with E-state index in [4.69, 9.17) is 9.97 Å². The van der Waals surface area contributed by atoms with E-state index in [1.165, 1.54) is 16.7 Å². The Morgan fingerprint density at radius 1 is 0.926 bits per heavy atom. The van der Waals surface area contributed by atoms with Crippen LogP contribution in [0.25, 0.3) is 28.4 Å². The predicted octanol–water partition coefficient (Wildman–Crippen LogP) is 5.39. The summed E-state index contributed by atoms with van der Waals surface area (Å²) in [4.78, 5) is 13.6. The first-order valence-corrected chi connectivity index (χ1v) is 9.00. The third-order valence-corrected chi connectivity index (χ3v) is 4.82. The van der Waals surface area contributed by atoms with Gasteiger partial charge in [-0.1, -0.05) is 29.8 Å². The van der Waals surface area contributed by atoms with Crippen LogP contribution in [-0.2, 0) is 6.42 Å². The van der Waals surface area contributed by atoms with Gasteiger partial charge in [0.1, 0.15) is 5.82 Å². The Morgan fingerprint density at radius 2 is 1.78 bits per heavy atom. The van der Waals surface area contributed by atoms with Gasteiger partial charge in [0.25, 0.3) is 0 Å². The van der Waals surface area contributed by atoms with Crippen LogP contribution in [0.5, 0.6) is 0 Å². The fourth-order valence-corrected chi connectivity index (χ4v) is 3.52. The summed E-state index contributed by atoms with van der Waals surface area (Å²) in [5, 5.41) is 4.51. The van der Waals surface area contributed by atoms with Crippen molar-refractivity contribution in [2.75, 3.05) is 5.32 Å². The minimum Gasteiger partial charge on any atom is -0.340 e. The molecule has 5 rings (SSSR count). The maximum absolute atomic E-state index is 4.81. The smallest absolute Gasteiger partial charge is 0.162 e. The molecule has 0 atom stereocenters. The SMILES string of the molecule is CC1=Cc2cc(Nc3nc(-c4ccncc4)nc4ccccc34)ccc2C1. The van der Waals surface area contributed by atoms with E-state index in [0.717, 1.165) is 34.4 Å². The van der Waals surface area contributed by atoms with Crippen molar-refractivity contribution in [2.24, 2.45) is 0 Å². The van der Waals surface area contributed by atoms with E-state index in [1.54, 1.807) is 12.4 Å². The molecular formula is C23H18N4. The molecule has 4 aromatic rings. The maximum Gasteiger partial charge on any atom is 0.162 e. The lowest BCUT2D eigenvalue weighted by Gasteiger charge is -2.12. The number of nitrogens with zero attached hydrogens (tertiary/aromatic N) is 3. The van der Waals surface area contributed by atoms with Crippen LogP contribution in [0.3, 0.4) is 0 Å². The average Bonchev–Trinajstić information content (AvgIpc) is 3.08. The van der Waals surface area contributed by atoms with E-state index in [2.05, 4.69) is 41.5 Å². The van der Waals surface area contributed by atoms with Gasteiger partial charge in [0.05, 0.1) is 5.52 Å². The van der Waals surface area contributed by atoms with Crippen molar-refractivity contribution in [3.8, 4) is 11.4 Å². The number of rotatable bonds is 3. The van der Waals surface area contributed by atoms with E-state index in [9.17, 15) is 0 Å². The summed E-state index contributed by atoms with van der Waals surface area (Å²) < 4.78 is 0. The highest BCUT2D eigenvalue weighted by Crippen LogP contribution is 2.31. The summed E-state index contributed by atoms with van der Waals surface area (Å²) in [7, 11) is 0. The van der Waals surface area contributed by atoms with Gasteiger partial charge in [-0.05, 0) is 60.9 Å². The number of hydrogen-bond acceptors (Lipinski definition) is 4. The van der Waals surface area contributed by atoms with Gasteiger partial charge < -0.3 is 5.32 Å². The van der Waals surface area contributed by atoms with Crippen LogP contribution in [0.1, 0.15) is 18.1 Å². The normalized spacial score (nSPS) is 12.7. The van der Waals surface area contributed by atoms with Gasteiger partial charge in [-0.3, -0.25) is 4.98 Å². The standard InChI is InChI=1S/C23H18N4/c1-15-12-17-6-7-19(14-18(17)13-15)25-23-20-4-2-3-5-21(20)26-22(27-23)16-8-10-24-11-9-16/h2-11,13-14H,12H2,1H3,(H,25,26,27). The molecule has 0 fully saturated rings. The number of pyridine rings is 1. The fraction of sp³-hybridized carbons (Fsp3) is 0.0870. The second-order valence-electron chi connectivity index (χ2n) is 6.85. The van der Waals surface area contributed by atoms with E-state index in [1.807, 2.05) is 36.4 Å². The minimum atomic E-state index is 0.690. The highest BCUT2D eigenvalue weighted by atomic mass is 15.0. The molecule has 0 aliphatic heterocycles. The van der Waals surface area contributed by atoms with Crippen LogP contribution in [-0.4, -0.2) is 15.0 Å². The molecular weight excluding hydrogens is 332 g/mol. The lowest BCUT2D eigenvalue weighted by atomic mass is 10.1. The maximum atomic E-state index is 4.81. The zero-order valence-corrected chi connectivity index (χ0v) is 15.0. The molecule has 1 N–H and O–H groups in total. The van der Waals surface area contributed by atoms with Gasteiger partial charge in [0.15, 0.2) is 5.82 Å². The first-order valence-electron chi connectivity index (χ1n) is 9.00. The van der Waals surface area contributed by atoms with Crippen molar-refractivity contribution >= 4 is 28.5 Å². The Hall–Kier alpha value is -3.53. The first-order chi connectivity index (χ1) is 13.3. The average molecular weight is 350 g/mol. The molecule has 2 heterocycles. The Morgan fingerprint density at radius 3 is 2.67 bits per heavy atom. The molecule has 0 unspecified atom stereocenters. The Kier molecular flexibility index (Phi) is 3.68. The largest absolute Gasteiger partial charge is 0.340 e. The first kappa shape index (κ1) is 15.7. The Bertz CT molecular complexity index is 1180. The highest BCUT2D eigenvalue weighted by molar-refractivity contribution is 5.92. The summed E-state index contributed by atoms with van der Waals surface area (Å²) in [6, 6.07) is 18.4. The zero-order chi connectivity index (χ0) is 18.2. The molecule has 2 aromatic heterocycles. The van der Waals surface area contributed by atoms with E-state index >= 15 is 0 Å². The van der Waals surface area contributed by atoms with Gasteiger partial charge in [-0.25, -0.2) is 9.97 Å². The molecule has 1 aliphatic rings. The van der Waals surface area contributed by atoms with Crippen LogP contribution in [0.2, 0.25) is 0 Å². The van der Waals surface area contributed by atoms with Crippen molar-refractivity contribution < 1.29 is 0 Å². The van der Waals surface area contributed by atoms with Crippen molar-refractivity contribution in [3.05, 3.63) is 83.7 Å². The molecule has 1 aliphatic carbocycles. The molecule has 0 saturated heterocycles. The van der Waals surface area contributed by atoms with Gasteiger partial charge in [0, 0.05) is 29.0 Å². The quantitative estimate of drug-likeness (QED) is 0.538. The van der Waals surface area contributed by atoms with Gasteiger partial charge >= 0.3 is 0 Å². The summed E-state index contributed by atoms with van der Waals surface area (Å²) in [6.07, 6.45) is 6.81. The molecule has 0 saturated carbocycles. The predicted molar refractivity (Wildman–Crippen MR) is 110 cm³/mol. The monoisotopic (exact) mass is 350 g/mol. The molecule has 4 heteroatoms. The number of fused-ring (bicyclic) bond motifs is 2. The number of anilines is 2. The molecule has 4 nitrogen and oxygen atoms in total. The van der Waals surface area contributed by atoms with Crippen molar-refractivity contribution in [1.29, 1.82) is 0 Å². The van der Waals surface area contributed by atoms with E-state index < -0.39 is 0 Å². The summed E-state index contributed by atoms with van der Waals surface area (Å²) in [5.74, 6) is 1.50. The second-order valence-corrected chi connectivity index (χ2v) is 6.85. The van der Waals surface area contributed by atoms with Crippen molar-refractivity contribution in [1.82, 2.24) is 15.0 Å².